The van der Waals surface area contributed by atoms with E-state index < -0.39 is 6.10 Å². The van der Waals surface area contributed by atoms with Crippen molar-refractivity contribution in [3.05, 3.63) is 36.5 Å². The molecule has 62 heavy (non-hydrogen) atoms. The van der Waals surface area contributed by atoms with Crippen molar-refractivity contribution in [1.29, 1.82) is 0 Å². The van der Waals surface area contributed by atoms with E-state index in [2.05, 4.69) is 57.2 Å². The van der Waals surface area contributed by atoms with E-state index in [0.29, 0.717) is 19.3 Å². The Balaban J connectivity index is 4.36. The van der Waals surface area contributed by atoms with Crippen LogP contribution < -0.4 is 0 Å². The van der Waals surface area contributed by atoms with E-state index in [1.807, 2.05) is 0 Å². The van der Waals surface area contributed by atoms with Gasteiger partial charge in [-0.3, -0.25) is 14.4 Å². The Morgan fingerprint density at radius 2 is 0.581 bits per heavy atom. The monoisotopic (exact) mass is 871 g/mol. The molecule has 0 aromatic carbocycles. The number of carbonyl (C=O) groups excluding carboxylic acids is 3. The smallest absolute Gasteiger partial charge is 0.306 e. The van der Waals surface area contributed by atoms with Crippen LogP contribution in [-0.4, -0.2) is 37.2 Å². The van der Waals surface area contributed by atoms with Crippen molar-refractivity contribution >= 4 is 17.9 Å². The molecular formula is C56H102O6. The predicted octanol–water partition coefficient (Wildman–Crippen LogP) is 17.7. The second kappa shape index (κ2) is 51.3. The van der Waals surface area contributed by atoms with Gasteiger partial charge < -0.3 is 14.2 Å². The van der Waals surface area contributed by atoms with Crippen LogP contribution in [-0.2, 0) is 28.6 Å². The summed E-state index contributed by atoms with van der Waals surface area (Å²) in [5, 5.41) is 0. The van der Waals surface area contributed by atoms with Crippen LogP contribution in [0.3, 0.4) is 0 Å². The van der Waals surface area contributed by atoms with E-state index >= 15 is 0 Å². The average molecular weight is 871 g/mol. The number of unbranched alkanes of at least 4 members (excludes halogenated alkanes) is 32. The number of carbonyl (C=O) groups is 3. The van der Waals surface area contributed by atoms with Crippen molar-refractivity contribution in [3.8, 4) is 0 Å². The van der Waals surface area contributed by atoms with Crippen molar-refractivity contribution < 1.29 is 28.6 Å². The van der Waals surface area contributed by atoms with E-state index in [4.69, 9.17) is 14.2 Å². The highest BCUT2D eigenvalue weighted by atomic mass is 16.6. The quantitative estimate of drug-likeness (QED) is 0.0262. The van der Waals surface area contributed by atoms with Crippen molar-refractivity contribution in [2.24, 2.45) is 0 Å². The number of esters is 3. The predicted molar refractivity (Wildman–Crippen MR) is 266 cm³/mol. The number of hydrogen-bond donors (Lipinski definition) is 0. The summed E-state index contributed by atoms with van der Waals surface area (Å²) in [5.41, 5.74) is 0. The summed E-state index contributed by atoms with van der Waals surface area (Å²) in [7, 11) is 0. The molecule has 0 aliphatic heterocycles. The second-order valence-electron chi connectivity index (χ2n) is 18.2. The Kier molecular flexibility index (Phi) is 49.3. The molecule has 6 nitrogen and oxygen atoms in total. The van der Waals surface area contributed by atoms with Crippen LogP contribution in [0.25, 0.3) is 0 Å². The lowest BCUT2D eigenvalue weighted by atomic mass is 10.0. The van der Waals surface area contributed by atoms with Crippen LogP contribution in [0.5, 0.6) is 0 Å². The highest BCUT2D eigenvalue weighted by Crippen LogP contribution is 2.16. The SMILES string of the molecule is CCCCC/C=C\C/C=C\C/C=C\CCCCCCC(=O)OC[C@H](COC(=O)CCCCCCCCCCCCCCCCC)OC(=O)CCCCCCCCCCCCCC. The molecule has 6 heteroatoms. The zero-order valence-corrected chi connectivity index (χ0v) is 41.4. The second-order valence-corrected chi connectivity index (χ2v) is 18.2. The zero-order chi connectivity index (χ0) is 45.1. The molecule has 0 spiro atoms. The molecule has 0 saturated carbocycles. The number of allylic oxidation sites excluding steroid dienone is 6. The van der Waals surface area contributed by atoms with Gasteiger partial charge in [0.15, 0.2) is 6.10 Å². The van der Waals surface area contributed by atoms with Gasteiger partial charge in [-0.05, 0) is 57.8 Å². The molecule has 0 aliphatic rings. The maximum absolute atomic E-state index is 12.8. The van der Waals surface area contributed by atoms with E-state index in [-0.39, 0.29) is 31.1 Å². The van der Waals surface area contributed by atoms with Gasteiger partial charge in [-0.25, -0.2) is 0 Å². The van der Waals surface area contributed by atoms with Crippen molar-refractivity contribution in [3.63, 3.8) is 0 Å². The maximum atomic E-state index is 12.8. The zero-order valence-electron chi connectivity index (χ0n) is 41.4. The molecule has 0 saturated heterocycles. The molecule has 0 amide bonds. The Morgan fingerprint density at radius 1 is 0.323 bits per heavy atom. The molecule has 0 aromatic rings. The molecule has 0 unspecified atom stereocenters. The van der Waals surface area contributed by atoms with Gasteiger partial charge in [-0.1, -0.05) is 243 Å². The minimum Gasteiger partial charge on any atom is -0.462 e. The lowest BCUT2D eigenvalue weighted by Crippen LogP contribution is -2.30. The average Bonchev–Trinajstić information content (AvgIpc) is 3.27. The third kappa shape index (κ3) is 48.7. The van der Waals surface area contributed by atoms with Crippen molar-refractivity contribution in [1.82, 2.24) is 0 Å². The lowest BCUT2D eigenvalue weighted by molar-refractivity contribution is -0.167. The van der Waals surface area contributed by atoms with E-state index in [9.17, 15) is 14.4 Å². The molecule has 0 radical (unpaired) electrons. The molecule has 362 valence electrons. The standard InChI is InChI=1S/C56H102O6/c1-4-7-10-13-16-19-22-25-27-28-30-32-35-37-40-43-46-49-55(58)61-52-53(62-56(59)50-47-44-41-38-33-24-21-18-15-12-9-6-3)51-60-54(57)48-45-42-39-36-34-31-29-26-23-20-17-14-11-8-5-2/h16,19,25,27,30,32,53H,4-15,17-18,20-24,26,28-29,31,33-52H2,1-3H3/b19-16-,27-25-,32-30-/t53-/m0/s1. The van der Waals surface area contributed by atoms with E-state index in [1.165, 1.54) is 161 Å². The Labute approximate surface area is 385 Å². The lowest BCUT2D eigenvalue weighted by Gasteiger charge is -2.18. The first-order valence-corrected chi connectivity index (χ1v) is 27.0. The summed E-state index contributed by atoms with van der Waals surface area (Å²) in [4.78, 5) is 38.0. The normalized spacial score (nSPS) is 12.2. The first-order valence-electron chi connectivity index (χ1n) is 27.0. The maximum Gasteiger partial charge on any atom is 0.306 e. The van der Waals surface area contributed by atoms with Crippen molar-refractivity contribution in [2.75, 3.05) is 13.2 Å². The van der Waals surface area contributed by atoms with Gasteiger partial charge >= 0.3 is 17.9 Å². The van der Waals surface area contributed by atoms with Gasteiger partial charge in [0, 0.05) is 19.3 Å². The van der Waals surface area contributed by atoms with Crippen LogP contribution in [0.2, 0.25) is 0 Å². The third-order valence-corrected chi connectivity index (χ3v) is 11.9. The van der Waals surface area contributed by atoms with Crippen molar-refractivity contribution in [2.45, 2.75) is 290 Å². The van der Waals surface area contributed by atoms with Gasteiger partial charge in [0.25, 0.3) is 0 Å². The van der Waals surface area contributed by atoms with Gasteiger partial charge in [-0.2, -0.15) is 0 Å². The first-order chi connectivity index (χ1) is 30.5. The molecule has 0 aliphatic carbocycles. The largest absolute Gasteiger partial charge is 0.462 e. The van der Waals surface area contributed by atoms with Gasteiger partial charge in [0.05, 0.1) is 0 Å². The summed E-state index contributed by atoms with van der Waals surface area (Å²) in [5.74, 6) is -0.883. The molecule has 0 rings (SSSR count). The molecule has 1 atom stereocenters. The topological polar surface area (TPSA) is 78.9 Å². The fraction of sp³-hybridized carbons (Fsp3) is 0.839. The van der Waals surface area contributed by atoms with Gasteiger partial charge in [-0.15, -0.1) is 0 Å². The number of rotatable bonds is 49. The Hall–Kier alpha value is -2.37. The summed E-state index contributed by atoms with van der Waals surface area (Å²) in [6.45, 7) is 6.62. The molecule has 0 aromatic heterocycles. The molecule has 0 N–H and O–H groups in total. The fourth-order valence-electron chi connectivity index (χ4n) is 7.80. The van der Waals surface area contributed by atoms with Crippen LogP contribution in [0, 0.1) is 0 Å². The molecule has 0 heterocycles. The van der Waals surface area contributed by atoms with Crippen LogP contribution in [0.1, 0.15) is 284 Å². The molecule has 0 bridgehead atoms. The van der Waals surface area contributed by atoms with Gasteiger partial charge in [0.2, 0.25) is 0 Å². The minimum atomic E-state index is -0.776. The van der Waals surface area contributed by atoms with Gasteiger partial charge in [0.1, 0.15) is 13.2 Å². The highest BCUT2D eigenvalue weighted by molar-refractivity contribution is 5.71. The van der Waals surface area contributed by atoms with E-state index in [1.54, 1.807) is 0 Å². The fourth-order valence-corrected chi connectivity index (χ4v) is 7.80. The number of ether oxygens (including phenoxy) is 3. The first kappa shape index (κ1) is 59.6. The van der Waals surface area contributed by atoms with Crippen LogP contribution in [0.15, 0.2) is 36.5 Å². The Morgan fingerprint density at radius 3 is 0.935 bits per heavy atom. The Bertz CT molecular complexity index is 1050. The third-order valence-electron chi connectivity index (χ3n) is 11.9. The highest BCUT2D eigenvalue weighted by Gasteiger charge is 2.19. The van der Waals surface area contributed by atoms with Crippen LogP contribution >= 0.6 is 0 Å². The van der Waals surface area contributed by atoms with Crippen LogP contribution in [0.4, 0.5) is 0 Å². The summed E-state index contributed by atoms with van der Waals surface area (Å²) in [6, 6.07) is 0. The minimum absolute atomic E-state index is 0.0749. The summed E-state index contributed by atoms with van der Waals surface area (Å²) in [6.07, 6.45) is 59.8. The summed E-state index contributed by atoms with van der Waals surface area (Å²) >= 11 is 0. The molecular weight excluding hydrogens is 769 g/mol. The summed E-state index contributed by atoms with van der Waals surface area (Å²) < 4.78 is 16.8. The molecule has 0 fully saturated rings. The van der Waals surface area contributed by atoms with E-state index in [0.717, 1.165) is 83.5 Å². The number of hydrogen-bond acceptors (Lipinski definition) is 6.